The Hall–Kier alpha value is -2.07. The van der Waals surface area contributed by atoms with Crippen LogP contribution in [-0.2, 0) is 11.3 Å². The van der Waals surface area contributed by atoms with Crippen molar-refractivity contribution in [2.24, 2.45) is 0 Å². The lowest BCUT2D eigenvalue weighted by Gasteiger charge is -2.19. The number of halogens is 1. The Morgan fingerprint density at radius 2 is 2.00 bits per heavy atom. The maximum Gasteiger partial charge on any atom is 0.126 e. The molecule has 0 amide bonds. The van der Waals surface area contributed by atoms with E-state index < -0.39 is 5.82 Å². The molecule has 0 spiro atoms. The van der Waals surface area contributed by atoms with E-state index in [1.54, 1.807) is 13.2 Å². The Morgan fingerprint density at radius 1 is 1.25 bits per heavy atom. The van der Waals surface area contributed by atoms with E-state index in [1.165, 1.54) is 6.07 Å². The fourth-order valence-electron chi connectivity index (χ4n) is 2.14. The van der Waals surface area contributed by atoms with Gasteiger partial charge < -0.3 is 15.2 Å². The SMILES string of the molecule is COCc1ccccc1NC(C)c1ccc(F)cc1O. The summed E-state index contributed by atoms with van der Waals surface area (Å²) < 4.78 is 18.2. The number of hydrogen-bond donors (Lipinski definition) is 2. The van der Waals surface area contributed by atoms with Crippen LogP contribution in [0.4, 0.5) is 10.1 Å². The predicted octanol–water partition coefficient (Wildman–Crippen LogP) is 3.85. The lowest BCUT2D eigenvalue weighted by Crippen LogP contribution is -2.09. The van der Waals surface area contributed by atoms with Crippen LogP contribution >= 0.6 is 0 Å². The maximum absolute atomic E-state index is 13.0. The zero-order valence-corrected chi connectivity index (χ0v) is 11.6. The molecule has 0 aliphatic carbocycles. The highest BCUT2D eigenvalue weighted by Gasteiger charge is 2.12. The van der Waals surface area contributed by atoms with Gasteiger partial charge in [0, 0.05) is 30.0 Å². The molecule has 3 nitrogen and oxygen atoms in total. The van der Waals surface area contributed by atoms with Crippen LogP contribution in [0, 0.1) is 5.82 Å². The number of anilines is 1. The van der Waals surface area contributed by atoms with Crippen LogP contribution in [0.1, 0.15) is 24.1 Å². The number of para-hydroxylation sites is 1. The molecular formula is C16H18FNO2. The van der Waals surface area contributed by atoms with Gasteiger partial charge >= 0.3 is 0 Å². The van der Waals surface area contributed by atoms with Crippen molar-refractivity contribution in [2.75, 3.05) is 12.4 Å². The van der Waals surface area contributed by atoms with Gasteiger partial charge in [-0.2, -0.15) is 0 Å². The van der Waals surface area contributed by atoms with Gasteiger partial charge in [-0.3, -0.25) is 0 Å². The molecule has 0 heterocycles. The number of nitrogens with one attached hydrogen (secondary N) is 1. The molecule has 0 aromatic heterocycles. The molecule has 2 rings (SSSR count). The number of rotatable bonds is 5. The van der Waals surface area contributed by atoms with E-state index in [-0.39, 0.29) is 11.8 Å². The number of methoxy groups -OCH3 is 1. The molecule has 0 radical (unpaired) electrons. The average molecular weight is 275 g/mol. The number of benzene rings is 2. The standard InChI is InChI=1S/C16H18FNO2/c1-11(14-8-7-13(17)9-16(14)19)18-15-6-4-3-5-12(15)10-20-2/h3-9,11,18-19H,10H2,1-2H3. The number of ether oxygens (including phenoxy) is 1. The zero-order valence-electron chi connectivity index (χ0n) is 11.6. The second-order valence-corrected chi connectivity index (χ2v) is 4.66. The Balaban J connectivity index is 2.21. The zero-order chi connectivity index (χ0) is 14.5. The summed E-state index contributed by atoms with van der Waals surface area (Å²) in [5, 5.41) is 13.1. The Morgan fingerprint density at radius 3 is 2.70 bits per heavy atom. The summed E-state index contributed by atoms with van der Waals surface area (Å²) in [6.45, 7) is 2.42. The van der Waals surface area contributed by atoms with Crippen molar-refractivity contribution in [1.29, 1.82) is 0 Å². The topological polar surface area (TPSA) is 41.5 Å². The van der Waals surface area contributed by atoms with Gasteiger partial charge in [0.25, 0.3) is 0 Å². The highest BCUT2D eigenvalue weighted by atomic mass is 19.1. The van der Waals surface area contributed by atoms with Crippen LogP contribution in [0.15, 0.2) is 42.5 Å². The summed E-state index contributed by atoms with van der Waals surface area (Å²) in [4.78, 5) is 0. The van der Waals surface area contributed by atoms with E-state index in [2.05, 4.69) is 5.32 Å². The average Bonchev–Trinajstić information content (AvgIpc) is 2.41. The molecule has 4 heteroatoms. The molecule has 0 saturated carbocycles. The van der Waals surface area contributed by atoms with Crippen molar-refractivity contribution in [3.8, 4) is 5.75 Å². The molecule has 20 heavy (non-hydrogen) atoms. The van der Waals surface area contributed by atoms with Crippen LogP contribution in [0.25, 0.3) is 0 Å². The molecule has 1 unspecified atom stereocenters. The number of phenolic OH excluding ortho intramolecular Hbond substituents is 1. The van der Waals surface area contributed by atoms with Crippen molar-refractivity contribution >= 4 is 5.69 Å². The van der Waals surface area contributed by atoms with Crippen molar-refractivity contribution in [3.05, 3.63) is 59.4 Å². The van der Waals surface area contributed by atoms with Gasteiger partial charge in [0.05, 0.1) is 12.6 Å². The van der Waals surface area contributed by atoms with Gasteiger partial charge in [0.15, 0.2) is 0 Å². The van der Waals surface area contributed by atoms with Crippen molar-refractivity contribution in [3.63, 3.8) is 0 Å². The van der Waals surface area contributed by atoms with Crippen molar-refractivity contribution < 1.29 is 14.2 Å². The van der Waals surface area contributed by atoms with Crippen LogP contribution < -0.4 is 5.32 Å². The largest absolute Gasteiger partial charge is 0.507 e. The van der Waals surface area contributed by atoms with Gasteiger partial charge in [0.1, 0.15) is 11.6 Å². The second-order valence-electron chi connectivity index (χ2n) is 4.66. The molecule has 0 bridgehead atoms. The first kappa shape index (κ1) is 14.3. The maximum atomic E-state index is 13.0. The monoisotopic (exact) mass is 275 g/mol. The van der Waals surface area contributed by atoms with E-state index in [1.807, 2.05) is 31.2 Å². The summed E-state index contributed by atoms with van der Waals surface area (Å²) in [5.41, 5.74) is 2.62. The van der Waals surface area contributed by atoms with Crippen LogP contribution in [0.5, 0.6) is 5.75 Å². The van der Waals surface area contributed by atoms with Crippen LogP contribution in [0.3, 0.4) is 0 Å². The Labute approximate surface area is 118 Å². The lowest BCUT2D eigenvalue weighted by molar-refractivity contribution is 0.185. The molecule has 0 saturated heterocycles. The van der Waals surface area contributed by atoms with Crippen molar-refractivity contribution in [1.82, 2.24) is 0 Å². The fourth-order valence-corrected chi connectivity index (χ4v) is 2.14. The quantitative estimate of drug-likeness (QED) is 0.870. The summed E-state index contributed by atoms with van der Waals surface area (Å²) >= 11 is 0. The Kier molecular flexibility index (Phi) is 4.58. The molecule has 2 aromatic rings. The smallest absolute Gasteiger partial charge is 0.126 e. The van der Waals surface area contributed by atoms with E-state index in [0.29, 0.717) is 12.2 Å². The third kappa shape index (κ3) is 3.27. The predicted molar refractivity (Wildman–Crippen MR) is 77.3 cm³/mol. The molecule has 106 valence electrons. The Bertz CT molecular complexity index is 586. The summed E-state index contributed by atoms with van der Waals surface area (Å²) in [6.07, 6.45) is 0. The third-order valence-corrected chi connectivity index (χ3v) is 3.15. The molecule has 1 atom stereocenters. The minimum atomic E-state index is -0.446. The first-order chi connectivity index (χ1) is 9.61. The van der Waals surface area contributed by atoms with Gasteiger partial charge in [0.2, 0.25) is 0 Å². The number of aromatic hydroxyl groups is 1. The van der Waals surface area contributed by atoms with Gasteiger partial charge in [-0.15, -0.1) is 0 Å². The van der Waals surface area contributed by atoms with Gasteiger partial charge in [-0.25, -0.2) is 4.39 Å². The number of hydrogen-bond acceptors (Lipinski definition) is 3. The molecular weight excluding hydrogens is 257 g/mol. The molecule has 0 aliphatic heterocycles. The van der Waals surface area contributed by atoms with E-state index >= 15 is 0 Å². The summed E-state index contributed by atoms with van der Waals surface area (Å²) in [7, 11) is 1.64. The summed E-state index contributed by atoms with van der Waals surface area (Å²) in [6, 6.07) is 11.7. The van der Waals surface area contributed by atoms with E-state index in [0.717, 1.165) is 17.3 Å². The van der Waals surface area contributed by atoms with E-state index in [4.69, 9.17) is 4.74 Å². The first-order valence-electron chi connectivity index (χ1n) is 6.43. The van der Waals surface area contributed by atoms with Crippen LogP contribution in [-0.4, -0.2) is 12.2 Å². The second kappa shape index (κ2) is 6.39. The van der Waals surface area contributed by atoms with Gasteiger partial charge in [-0.1, -0.05) is 24.3 Å². The first-order valence-corrected chi connectivity index (χ1v) is 6.43. The third-order valence-electron chi connectivity index (χ3n) is 3.15. The number of phenols is 1. The minimum Gasteiger partial charge on any atom is -0.507 e. The minimum absolute atomic E-state index is 0.0470. The highest BCUT2D eigenvalue weighted by molar-refractivity contribution is 5.53. The van der Waals surface area contributed by atoms with Crippen LogP contribution in [0.2, 0.25) is 0 Å². The van der Waals surface area contributed by atoms with Gasteiger partial charge in [-0.05, 0) is 19.1 Å². The van der Waals surface area contributed by atoms with Crippen molar-refractivity contribution in [2.45, 2.75) is 19.6 Å². The highest BCUT2D eigenvalue weighted by Crippen LogP contribution is 2.28. The molecule has 0 fully saturated rings. The normalized spacial score (nSPS) is 12.2. The molecule has 2 N–H and O–H groups in total. The lowest BCUT2D eigenvalue weighted by atomic mass is 10.1. The fraction of sp³-hybridized carbons (Fsp3) is 0.250. The molecule has 0 aliphatic rings. The summed E-state index contributed by atoms with van der Waals surface area (Å²) in [5.74, 6) is -0.493. The van der Waals surface area contributed by atoms with E-state index in [9.17, 15) is 9.50 Å². The molecule has 2 aromatic carbocycles.